The lowest BCUT2D eigenvalue weighted by molar-refractivity contribution is -0.140. The minimum atomic E-state index is -0.373. The Bertz CT molecular complexity index is 315. The van der Waals surface area contributed by atoms with Gasteiger partial charge in [0, 0.05) is 18.8 Å². The molecule has 3 nitrogen and oxygen atoms in total. The van der Waals surface area contributed by atoms with E-state index in [1.54, 1.807) is 0 Å². The van der Waals surface area contributed by atoms with E-state index in [2.05, 4.69) is 6.92 Å². The van der Waals surface area contributed by atoms with Crippen molar-refractivity contribution in [3.8, 4) is 0 Å². The minimum Gasteiger partial charge on any atom is -0.388 e. The fraction of sp³-hybridized carbons (Fsp3) is 0.600. The van der Waals surface area contributed by atoms with Crippen molar-refractivity contribution in [3.05, 3.63) is 35.4 Å². The van der Waals surface area contributed by atoms with Crippen LogP contribution >= 0.6 is 0 Å². The summed E-state index contributed by atoms with van der Waals surface area (Å²) in [5.41, 5.74) is 1.94. The van der Waals surface area contributed by atoms with Gasteiger partial charge in [0.15, 0.2) is 6.29 Å². The van der Waals surface area contributed by atoms with Gasteiger partial charge in [-0.1, -0.05) is 37.6 Å². The summed E-state index contributed by atoms with van der Waals surface area (Å²) in [5.74, 6) is 0. The third-order valence-electron chi connectivity index (χ3n) is 2.79. The average molecular weight is 252 g/mol. The van der Waals surface area contributed by atoms with E-state index in [-0.39, 0.29) is 12.4 Å². The molecule has 1 N–H and O–H groups in total. The van der Waals surface area contributed by atoms with Gasteiger partial charge in [0.25, 0.3) is 0 Å². The molecule has 1 aromatic rings. The second-order valence-electron chi connectivity index (χ2n) is 4.21. The van der Waals surface area contributed by atoms with Gasteiger partial charge in [-0.3, -0.25) is 0 Å². The van der Waals surface area contributed by atoms with Crippen LogP contribution in [0.4, 0.5) is 0 Å². The van der Waals surface area contributed by atoms with Gasteiger partial charge < -0.3 is 14.6 Å². The molecule has 1 rings (SSSR count). The number of ether oxygens (including phenoxy) is 2. The van der Waals surface area contributed by atoms with Gasteiger partial charge in [-0.05, 0) is 25.8 Å². The summed E-state index contributed by atoms with van der Waals surface area (Å²) in [6.45, 7) is 7.20. The van der Waals surface area contributed by atoms with Gasteiger partial charge in [0.05, 0.1) is 6.10 Å². The van der Waals surface area contributed by atoms with Crippen molar-refractivity contribution in [3.63, 3.8) is 0 Å². The molecule has 1 unspecified atom stereocenters. The Morgan fingerprint density at radius 2 is 1.44 bits per heavy atom. The molecule has 1 atom stereocenters. The van der Waals surface area contributed by atoms with E-state index < -0.39 is 0 Å². The average Bonchev–Trinajstić information content (AvgIpc) is 2.39. The standard InChI is InChI=1S/C15H24O3/c1-4-7-14(16)12-8-10-13(11-9-12)15(17-5-2)18-6-3/h8-11,14-16H,4-7H2,1-3H3. The third kappa shape index (κ3) is 4.41. The highest BCUT2D eigenvalue weighted by Crippen LogP contribution is 2.23. The highest BCUT2D eigenvalue weighted by atomic mass is 16.7. The molecule has 1 aromatic carbocycles. The van der Waals surface area contributed by atoms with E-state index in [4.69, 9.17) is 9.47 Å². The van der Waals surface area contributed by atoms with E-state index in [1.807, 2.05) is 38.1 Å². The minimum absolute atomic E-state index is 0.308. The molecule has 0 aliphatic rings. The molecule has 0 spiro atoms. The van der Waals surface area contributed by atoms with Crippen LogP contribution in [-0.2, 0) is 9.47 Å². The van der Waals surface area contributed by atoms with Crippen molar-refractivity contribution in [2.45, 2.75) is 46.0 Å². The summed E-state index contributed by atoms with van der Waals surface area (Å²) in [6.07, 6.45) is 1.09. The van der Waals surface area contributed by atoms with E-state index in [0.717, 1.165) is 24.0 Å². The predicted molar refractivity (Wildman–Crippen MR) is 72.3 cm³/mol. The quantitative estimate of drug-likeness (QED) is 0.718. The smallest absolute Gasteiger partial charge is 0.183 e. The zero-order valence-electron chi connectivity index (χ0n) is 11.6. The molecule has 3 heteroatoms. The fourth-order valence-corrected chi connectivity index (χ4v) is 1.86. The van der Waals surface area contributed by atoms with Crippen LogP contribution in [0.15, 0.2) is 24.3 Å². The van der Waals surface area contributed by atoms with Crippen LogP contribution in [0.5, 0.6) is 0 Å². The molecule has 0 saturated carbocycles. The maximum atomic E-state index is 9.89. The van der Waals surface area contributed by atoms with Crippen LogP contribution in [0.2, 0.25) is 0 Å². The number of aliphatic hydroxyl groups excluding tert-OH is 1. The van der Waals surface area contributed by atoms with Gasteiger partial charge in [0.2, 0.25) is 0 Å². The summed E-state index contributed by atoms with van der Waals surface area (Å²) in [7, 11) is 0. The van der Waals surface area contributed by atoms with Crippen molar-refractivity contribution in [2.75, 3.05) is 13.2 Å². The van der Waals surface area contributed by atoms with Crippen LogP contribution in [0, 0.1) is 0 Å². The zero-order chi connectivity index (χ0) is 13.4. The first-order valence-corrected chi connectivity index (χ1v) is 6.74. The maximum Gasteiger partial charge on any atom is 0.183 e. The van der Waals surface area contributed by atoms with Crippen molar-refractivity contribution in [2.24, 2.45) is 0 Å². The first-order valence-electron chi connectivity index (χ1n) is 6.74. The molecule has 0 amide bonds. The van der Waals surface area contributed by atoms with Gasteiger partial charge >= 0.3 is 0 Å². The van der Waals surface area contributed by atoms with E-state index in [0.29, 0.717) is 13.2 Å². The molecule has 102 valence electrons. The maximum absolute atomic E-state index is 9.89. The normalized spacial score (nSPS) is 12.9. The van der Waals surface area contributed by atoms with Crippen LogP contribution in [-0.4, -0.2) is 18.3 Å². The van der Waals surface area contributed by atoms with Crippen molar-refractivity contribution >= 4 is 0 Å². The topological polar surface area (TPSA) is 38.7 Å². The Hall–Kier alpha value is -0.900. The zero-order valence-corrected chi connectivity index (χ0v) is 11.6. The lowest BCUT2D eigenvalue weighted by Crippen LogP contribution is -2.09. The monoisotopic (exact) mass is 252 g/mol. The Morgan fingerprint density at radius 3 is 1.89 bits per heavy atom. The molecule has 0 aliphatic heterocycles. The number of rotatable bonds is 8. The van der Waals surface area contributed by atoms with Crippen LogP contribution in [0.25, 0.3) is 0 Å². The van der Waals surface area contributed by atoms with Gasteiger partial charge in [-0.25, -0.2) is 0 Å². The Balaban J connectivity index is 2.73. The molecule has 0 bridgehead atoms. The predicted octanol–water partition coefficient (Wildman–Crippen LogP) is 3.59. The summed E-state index contributed by atoms with van der Waals surface area (Å²) in [5, 5.41) is 9.89. The molecule has 0 aromatic heterocycles. The summed E-state index contributed by atoms with van der Waals surface area (Å²) in [6, 6.07) is 7.82. The van der Waals surface area contributed by atoms with E-state index >= 15 is 0 Å². The second-order valence-corrected chi connectivity index (χ2v) is 4.21. The molecular weight excluding hydrogens is 228 g/mol. The molecule has 0 radical (unpaired) electrons. The number of aliphatic hydroxyl groups is 1. The highest BCUT2D eigenvalue weighted by Gasteiger charge is 2.12. The van der Waals surface area contributed by atoms with Gasteiger partial charge in [0.1, 0.15) is 0 Å². The molecule has 0 fully saturated rings. The Labute approximate surface area is 110 Å². The van der Waals surface area contributed by atoms with Crippen molar-refractivity contribution < 1.29 is 14.6 Å². The summed E-state index contributed by atoms with van der Waals surface area (Å²) >= 11 is 0. The summed E-state index contributed by atoms with van der Waals surface area (Å²) in [4.78, 5) is 0. The van der Waals surface area contributed by atoms with Crippen molar-refractivity contribution in [1.29, 1.82) is 0 Å². The molecular formula is C15H24O3. The largest absolute Gasteiger partial charge is 0.388 e. The van der Waals surface area contributed by atoms with Crippen LogP contribution in [0.1, 0.15) is 57.1 Å². The van der Waals surface area contributed by atoms with E-state index in [9.17, 15) is 5.11 Å². The van der Waals surface area contributed by atoms with Gasteiger partial charge in [-0.2, -0.15) is 0 Å². The SMILES string of the molecule is CCCC(O)c1ccc(C(OCC)OCC)cc1. The number of benzene rings is 1. The van der Waals surface area contributed by atoms with E-state index in [1.165, 1.54) is 0 Å². The molecule has 18 heavy (non-hydrogen) atoms. The summed E-state index contributed by atoms with van der Waals surface area (Å²) < 4.78 is 11.1. The third-order valence-corrected chi connectivity index (χ3v) is 2.79. The second kappa shape index (κ2) is 8.25. The molecule has 0 heterocycles. The van der Waals surface area contributed by atoms with Crippen LogP contribution < -0.4 is 0 Å². The van der Waals surface area contributed by atoms with Crippen LogP contribution in [0.3, 0.4) is 0 Å². The molecule has 0 aliphatic carbocycles. The first kappa shape index (κ1) is 15.2. The number of hydrogen-bond acceptors (Lipinski definition) is 3. The Kier molecular flexibility index (Phi) is 6.94. The lowest BCUT2D eigenvalue weighted by atomic mass is 10.0. The first-order chi connectivity index (χ1) is 8.72. The lowest BCUT2D eigenvalue weighted by Gasteiger charge is -2.18. The number of hydrogen-bond donors (Lipinski definition) is 1. The van der Waals surface area contributed by atoms with Gasteiger partial charge in [-0.15, -0.1) is 0 Å². The molecule has 0 saturated heterocycles. The Morgan fingerprint density at radius 1 is 0.944 bits per heavy atom. The fourth-order valence-electron chi connectivity index (χ4n) is 1.86. The highest BCUT2D eigenvalue weighted by molar-refractivity contribution is 5.25. The van der Waals surface area contributed by atoms with Crippen molar-refractivity contribution in [1.82, 2.24) is 0 Å².